The Morgan fingerprint density at radius 3 is 2.68 bits per heavy atom. The molecule has 1 aliphatic heterocycles. The Balaban J connectivity index is 0.00000156. The summed E-state index contributed by atoms with van der Waals surface area (Å²) in [6.07, 6.45) is 3.09. The van der Waals surface area contributed by atoms with E-state index in [1.807, 2.05) is 12.1 Å². The average molecular weight is 455 g/mol. The molecule has 1 amide bonds. The van der Waals surface area contributed by atoms with E-state index in [0.29, 0.717) is 12.5 Å². The van der Waals surface area contributed by atoms with Crippen molar-refractivity contribution < 1.29 is 9.53 Å². The monoisotopic (exact) mass is 453 g/mol. The lowest BCUT2D eigenvalue weighted by Gasteiger charge is -2.31. The predicted octanol–water partition coefficient (Wildman–Crippen LogP) is 3.44. The highest BCUT2D eigenvalue weighted by atomic mass is 79.9. The first-order valence-corrected chi connectivity index (χ1v) is 9.11. The lowest BCUT2D eigenvalue weighted by Crippen LogP contribution is -2.37. The van der Waals surface area contributed by atoms with Crippen LogP contribution in [0.5, 0.6) is 0 Å². The van der Waals surface area contributed by atoms with Crippen LogP contribution in [0.25, 0.3) is 0 Å². The van der Waals surface area contributed by atoms with Gasteiger partial charge in [0.25, 0.3) is 0 Å². The van der Waals surface area contributed by atoms with Crippen molar-refractivity contribution in [2.24, 2.45) is 17.6 Å². The van der Waals surface area contributed by atoms with Gasteiger partial charge >= 0.3 is 0 Å². The summed E-state index contributed by atoms with van der Waals surface area (Å²) in [5.41, 5.74) is 7.75. The molecule has 3 N–H and O–H groups in total. The molecular weight excluding hydrogens is 429 g/mol. The number of hydrogen-bond donors (Lipinski definition) is 2. The number of amides is 1. The number of ether oxygens (including phenoxy) is 1. The van der Waals surface area contributed by atoms with E-state index >= 15 is 0 Å². The molecule has 5 nitrogen and oxygen atoms in total. The topological polar surface area (TPSA) is 67.6 Å². The van der Waals surface area contributed by atoms with Crippen LogP contribution in [0.15, 0.2) is 22.7 Å². The van der Waals surface area contributed by atoms with Crippen molar-refractivity contribution >= 4 is 58.0 Å². The van der Waals surface area contributed by atoms with Crippen molar-refractivity contribution in [2.45, 2.75) is 19.3 Å². The third-order valence-corrected chi connectivity index (χ3v) is 5.36. The molecule has 2 atom stereocenters. The number of nitrogens with two attached hydrogens (primary N) is 1. The van der Waals surface area contributed by atoms with Gasteiger partial charge < -0.3 is 20.7 Å². The molecule has 1 saturated heterocycles. The Kier molecular flexibility index (Phi) is 9.52. The summed E-state index contributed by atoms with van der Waals surface area (Å²) in [4.78, 5) is 15.0. The Morgan fingerprint density at radius 1 is 1.28 bits per heavy atom. The van der Waals surface area contributed by atoms with Crippen LogP contribution in [0, 0.1) is 11.8 Å². The van der Waals surface area contributed by atoms with E-state index in [9.17, 15) is 4.79 Å². The molecule has 1 aliphatic carbocycles. The molecular formula is C17H26BrCl2N3O2. The van der Waals surface area contributed by atoms with Gasteiger partial charge in [-0.1, -0.05) is 22.4 Å². The first-order chi connectivity index (χ1) is 11.2. The molecule has 0 spiro atoms. The minimum absolute atomic E-state index is 0. The van der Waals surface area contributed by atoms with E-state index in [4.69, 9.17) is 10.5 Å². The number of nitrogens with zero attached hydrogens (tertiary/aromatic N) is 1. The largest absolute Gasteiger partial charge is 0.378 e. The van der Waals surface area contributed by atoms with E-state index < -0.39 is 0 Å². The van der Waals surface area contributed by atoms with Crippen molar-refractivity contribution in [3.63, 3.8) is 0 Å². The van der Waals surface area contributed by atoms with Gasteiger partial charge in [-0.05, 0) is 43.5 Å². The maximum absolute atomic E-state index is 12.7. The zero-order valence-electron chi connectivity index (χ0n) is 14.1. The predicted molar refractivity (Wildman–Crippen MR) is 110 cm³/mol. The van der Waals surface area contributed by atoms with Crippen LogP contribution in [0.2, 0.25) is 0 Å². The molecule has 8 heteroatoms. The van der Waals surface area contributed by atoms with Crippen molar-refractivity contribution in [3.8, 4) is 0 Å². The average Bonchev–Trinajstić information content (AvgIpc) is 3.04. The van der Waals surface area contributed by atoms with E-state index in [-0.39, 0.29) is 36.6 Å². The number of anilines is 2. The van der Waals surface area contributed by atoms with Crippen LogP contribution in [0.3, 0.4) is 0 Å². The summed E-state index contributed by atoms with van der Waals surface area (Å²) in [6.45, 7) is 3.73. The maximum Gasteiger partial charge on any atom is 0.227 e. The number of nitrogens with one attached hydrogen (secondary N) is 1. The van der Waals surface area contributed by atoms with Crippen LogP contribution in [-0.4, -0.2) is 38.8 Å². The molecule has 1 aromatic rings. The van der Waals surface area contributed by atoms with Crippen LogP contribution in [0.4, 0.5) is 11.4 Å². The normalized spacial score (nSPS) is 22.7. The SMILES string of the molecule is Cl.Cl.NC[C@H]1CCC[C@H]1C(=O)Nc1cc(Br)ccc1N1CCOCC1. The summed E-state index contributed by atoms with van der Waals surface area (Å²) < 4.78 is 6.39. The number of hydrogen-bond acceptors (Lipinski definition) is 4. The molecule has 1 aromatic carbocycles. The van der Waals surface area contributed by atoms with Gasteiger partial charge in [-0.2, -0.15) is 0 Å². The van der Waals surface area contributed by atoms with E-state index in [0.717, 1.165) is 61.4 Å². The van der Waals surface area contributed by atoms with Crippen LogP contribution in [0.1, 0.15) is 19.3 Å². The number of benzene rings is 1. The van der Waals surface area contributed by atoms with Crippen molar-refractivity contribution in [3.05, 3.63) is 22.7 Å². The lowest BCUT2D eigenvalue weighted by atomic mass is 9.95. The Morgan fingerprint density at radius 2 is 2.00 bits per heavy atom. The molecule has 1 heterocycles. The van der Waals surface area contributed by atoms with Crippen molar-refractivity contribution in [2.75, 3.05) is 43.1 Å². The molecule has 142 valence electrons. The highest BCUT2D eigenvalue weighted by Crippen LogP contribution is 2.34. The highest BCUT2D eigenvalue weighted by Gasteiger charge is 2.32. The quantitative estimate of drug-likeness (QED) is 0.731. The van der Waals surface area contributed by atoms with E-state index in [1.54, 1.807) is 0 Å². The third kappa shape index (κ3) is 5.47. The van der Waals surface area contributed by atoms with Gasteiger partial charge in [0, 0.05) is 23.5 Å². The Hall–Kier alpha value is -0.530. The molecule has 2 aliphatic rings. The molecule has 25 heavy (non-hydrogen) atoms. The number of morpholine rings is 1. The molecule has 0 unspecified atom stereocenters. The number of halogens is 3. The van der Waals surface area contributed by atoms with Gasteiger partial charge in [0.05, 0.1) is 24.6 Å². The minimum atomic E-state index is 0. The molecule has 2 fully saturated rings. The standard InChI is InChI=1S/C17H24BrN3O2.2ClH/c18-13-4-5-16(21-6-8-23-9-7-21)15(10-13)20-17(22)14-3-1-2-12(14)11-19;;/h4-5,10,12,14H,1-3,6-9,11,19H2,(H,20,22);2*1H/t12-,14-;;/m1../s1. The maximum atomic E-state index is 12.7. The minimum Gasteiger partial charge on any atom is -0.378 e. The Bertz CT molecular complexity index is 571. The number of rotatable bonds is 4. The van der Waals surface area contributed by atoms with Gasteiger partial charge in [0.1, 0.15) is 0 Å². The van der Waals surface area contributed by atoms with E-state index in [1.165, 1.54) is 0 Å². The molecule has 1 saturated carbocycles. The molecule has 0 aromatic heterocycles. The summed E-state index contributed by atoms with van der Waals surface area (Å²) >= 11 is 3.50. The summed E-state index contributed by atoms with van der Waals surface area (Å²) in [6, 6.07) is 6.05. The Labute approximate surface area is 170 Å². The van der Waals surface area contributed by atoms with Crippen molar-refractivity contribution in [1.82, 2.24) is 0 Å². The number of carbonyl (C=O) groups is 1. The fourth-order valence-electron chi connectivity index (χ4n) is 3.58. The first-order valence-electron chi connectivity index (χ1n) is 8.32. The first kappa shape index (κ1) is 22.5. The zero-order valence-corrected chi connectivity index (χ0v) is 17.3. The summed E-state index contributed by atoms with van der Waals surface area (Å²) in [5.74, 6) is 0.455. The lowest BCUT2D eigenvalue weighted by molar-refractivity contribution is -0.120. The number of carbonyl (C=O) groups excluding carboxylic acids is 1. The van der Waals surface area contributed by atoms with Crippen LogP contribution >= 0.6 is 40.7 Å². The second-order valence-electron chi connectivity index (χ2n) is 6.28. The van der Waals surface area contributed by atoms with Crippen LogP contribution < -0.4 is 16.0 Å². The van der Waals surface area contributed by atoms with Gasteiger partial charge in [0.15, 0.2) is 0 Å². The smallest absolute Gasteiger partial charge is 0.227 e. The van der Waals surface area contributed by atoms with Crippen molar-refractivity contribution in [1.29, 1.82) is 0 Å². The third-order valence-electron chi connectivity index (χ3n) is 4.87. The molecule has 3 rings (SSSR count). The molecule has 0 bridgehead atoms. The second kappa shape index (κ2) is 10.6. The zero-order chi connectivity index (χ0) is 16.2. The van der Waals surface area contributed by atoms with E-state index in [2.05, 4.69) is 32.2 Å². The summed E-state index contributed by atoms with van der Waals surface area (Å²) in [5, 5.41) is 3.15. The fraction of sp³-hybridized carbons (Fsp3) is 0.588. The highest BCUT2D eigenvalue weighted by molar-refractivity contribution is 9.10. The van der Waals surface area contributed by atoms with Gasteiger partial charge in [0.2, 0.25) is 5.91 Å². The van der Waals surface area contributed by atoms with Crippen LogP contribution in [-0.2, 0) is 9.53 Å². The molecule has 0 radical (unpaired) electrons. The van der Waals surface area contributed by atoms with Gasteiger partial charge in [-0.3, -0.25) is 4.79 Å². The fourth-order valence-corrected chi connectivity index (χ4v) is 3.94. The van der Waals surface area contributed by atoms with Gasteiger partial charge in [-0.25, -0.2) is 0 Å². The summed E-state index contributed by atoms with van der Waals surface area (Å²) in [7, 11) is 0. The van der Waals surface area contributed by atoms with Gasteiger partial charge in [-0.15, -0.1) is 24.8 Å². The second-order valence-corrected chi connectivity index (χ2v) is 7.20.